The summed E-state index contributed by atoms with van der Waals surface area (Å²) in [5.74, 6) is -0.599. The lowest BCUT2D eigenvalue weighted by atomic mass is 9.98. The van der Waals surface area contributed by atoms with Crippen LogP contribution in [0.1, 0.15) is 93.4 Å². The number of aryl methyl sites for hydroxylation is 1. The SMILES string of the molecule is COC(=O)c1ccc(F)c(-c2nc3c(cc2C2CC2)c(N2CCN(C(=O)OC(C)(C)C)C[C@@H]2C)nc(=O)n3-c2c(C)ccnc2C(C)C)c1. The smallest absolute Gasteiger partial charge is 0.410 e. The second-order valence-corrected chi connectivity index (χ2v) is 14.3. The first kappa shape index (κ1) is 34.0. The maximum atomic E-state index is 15.7. The van der Waals surface area contributed by atoms with Gasteiger partial charge in [0.2, 0.25) is 0 Å². The summed E-state index contributed by atoms with van der Waals surface area (Å²) < 4.78 is 27.8. The number of ether oxygens (including phenoxy) is 2. The number of fused-ring (bicyclic) bond motifs is 1. The molecule has 49 heavy (non-hydrogen) atoms. The number of pyridine rings is 2. The summed E-state index contributed by atoms with van der Waals surface area (Å²) in [5, 5.41) is 0.630. The maximum absolute atomic E-state index is 15.7. The number of hydrogen-bond donors (Lipinski definition) is 0. The topological polar surface area (TPSA) is 120 Å². The molecule has 6 rings (SSSR count). The van der Waals surface area contributed by atoms with Gasteiger partial charge in [-0.15, -0.1) is 0 Å². The number of rotatable bonds is 6. The number of esters is 1. The molecule has 0 unspecified atom stereocenters. The van der Waals surface area contributed by atoms with Gasteiger partial charge in [0, 0.05) is 37.4 Å². The molecule has 1 atom stereocenters. The van der Waals surface area contributed by atoms with E-state index in [4.69, 9.17) is 19.4 Å². The van der Waals surface area contributed by atoms with Crippen molar-refractivity contribution in [2.24, 2.45) is 0 Å². The molecule has 258 valence electrons. The number of methoxy groups -OCH3 is 1. The third-order valence-corrected chi connectivity index (χ3v) is 9.01. The Morgan fingerprint density at radius 2 is 1.80 bits per heavy atom. The number of nitrogens with zero attached hydrogens (tertiary/aromatic N) is 6. The van der Waals surface area contributed by atoms with Crippen LogP contribution in [-0.4, -0.2) is 74.9 Å². The van der Waals surface area contributed by atoms with Crippen LogP contribution in [0.25, 0.3) is 28.0 Å². The van der Waals surface area contributed by atoms with Crippen molar-refractivity contribution in [2.75, 3.05) is 31.6 Å². The molecule has 1 saturated carbocycles. The van der Waals surface area contributed by atoms with Gasteiger partial charge in [0.1, 0.15) is 17.2 Å². The van der Waals surface area contributed by atoms with Crippen LogP contribution < -0.4 is 10.6 Å². The Labute approximate surface area is 285 Å². The van der Waals surface area contributed by atoms with Crippen LogP contribution >= 0.6 is 0 Å². The Morgan fingerprint density at radius 3 is 2.43 bits per heavy atom. The van der Waals surface area contributed by atoms with Crippen LogP contribution in [0.15, 0.2) is 41.3 Å². The summed E-state index contributed by atoms with van der Waals surface area (Å²) in [4.78, 5) is 57.9. The average molecular weight is 671 g/mol. The minimum Gasteiger partial charge on any atom is -0.465 e. The van der Waals surface area contributed by atoms with Gasteiger partial charge in [0.25, 0.3) is 0 Å². The molecule has 3 aromatic heterocycles. The van der Waals surface area contributed by atoms with Crippen LogP contribution in [0, 0.1) is 12.7 Å². The molecule has 12 heteroatoms. The van der Waals surface area contributed by atoms with Crippen molar-refractivity contribution in [2.45, 2.75) is 84.8 Å². The van der Waals surface area contributed by atoms with E-state index in [1.54, 1.807) is 11.1 Å². The van der Waals surface area contributed by atoms with Crippen molar-refractivity contribution in [1.82, 2.24) is 24.4 Å². The van der Waals surface area contributed by atoms with E-state index in [0.29, 0.717) is 53.6 Å². The van der Waals surface area contributed by atoms with Gasteiger partial charge in [-0.2, -0.15) is 4.98 Å². The summed E-state index contributed by atoms with van der Waals surface area (Å²) in [6.45, 7) is 14.5. The number of carbonyl (C=O) groups is 2. The standard InChI is InChI=1S/C37H43FN6O5/c1-20(2)29-31(21(3)13-14-39-29)44-33-27(32(41-35(44)46)43-16-15-42(19-22(43)4)36(47)49-37(5,6)7)18-25(23-9-10-23)30(40-33)26-17-24(34(45)48-8)11-12-28(26)38/h11-14,17-18,20,22-23H,9-10,15-16,19H2,1-8H3/t22-/m0/s1. The van der Waals surface area contributed by atoms with Crippen LogP contribution in [0.5, 0.6) is 0 Å². The fraction of sp³-hybridized carbons (Fsp3) is 0.459. The van der Waals surface area contributed by atoms with Gasteiger partial charge in [0.15, 0.2) is 5.65 Å². The van der Waals surface area contributed by atoms with E-state index in [2.05, 4.69) is 4.98 Å². The fourth-order valence-electron chi connectivity index (χ4n) is 6.49. The molecule has 4 heterocycles. The molecule has 0 spiro atoms. The lowest BCUT2D eigenvalue weighted by molar-refractivity contribution is 0.0218. The summed E-state index contributed by atoms with van der Waals surface area (Å²) in [6, 6.07) is 7.68. The van der Waals surface area contributed by atoms with Gasteiger partial charge in [-0.05, 0) is 101 Å². The van der Waals surface area contributed by atoms with Gasteiger partial charge in [0.05, 0.1) is 35.1 Å². The second-order valence-electron chi connectivity index (χ2n) is 14.3. The van der Waals surface area contributed by atoms with E-state index in [-0.39, 0.29) is 35.1 Å². The quantitative estimate of drug-likeness (QED) is 0.211. The van der Waals surface area contributed by atoms with Gasteiger partial charge >= 0.3 is 17.8 Å². The number of hydrogen-bond acceptors (Lipinski definition) is 9. The van der Waals surface area contributed by atoms with Crippen molar-refractivity contribution in [3.8, 4) is 16.9 Å². The first-order valence-electron chi connectivity index (χ1n) is 16.7. The van der Waals surface area contributed by atoms with E-state index < -0.39 is 23.1 Å². The van der Waals surface area contributed by atoms with E-state index in [0.717, 1.165) is 24.0 Å². The molecule has 1 amide bonds. The molecule has 1 aromatic carbocycles. The van der Waals surface area contributed by atoms with Crippen LogP contribution in [-0.2, 0) is 9.47 Å². The molecular weight excluding hydrogens is 627 g/mol. The third kappa shape index (κ3) is 6.60. The number of anilines is 1. The molecule has 0 bridgehead atoms. The molecule has 0 N–H and O–H groups in total. The Bertz CT molecular complexity index is 2020. The number of aromatic nitrogens is 4. The van der Waals surface area contributed by atoms with Gasteiger partial charge < -0.3 is 19.3 Å². The third-order valence-electron chi connectivity index (χ3n) is 9.01. The molecular formula is C37H43FN6O5. The molecule has 0 radical (unpaired) electrons. The summed E-state index contributed by atoms with van der Waals surface area (Å²) in [7, 11) is 1.28. The van der Waals surface area contributed by atoms with Gasteiger partial charge in [-0.25, -0.2) is 28.3 Å². The molecule has 2 aliphatic rings. The lowest BCUT2D eigenvalue weighted by Crippen LogP contribution is -2.55. The molecule has 11 nitrogen and oxygen atoms in total. The zero-order valence-electron chi connectivity index (χ0n) is 29.3. The Morgan fingerprint density at radius 1 is 1.06 bits per heavy atom. The molecule has 2 fully saturated rings. The summed E-state index contributed by atoms with van der Waals surface area (Å²) >= 11 is 0. The zero-order chi connectivity index (χ0) is 35.4. The summed E-state index contributed by atoms with van der Waals surface area (Å²) in [5.41, 5.74) is 2.73. The normalized spacial score (nSPS) is 16.7. The maximum Gasteiger partial charge on any atom is 0.410 e. The highest BCUT2D eigenvalue weighted by molar-refractivity contribution is 5.94. The predicted molar refractivity (Wildman–Crippen MR) is 185 cm³/mol. The first-order chi connectivity index (χ1) is 23.2. The van der Waals surface area contributed by atoms with Crippen molar-refractivity contribution in [1.29, 1.82) is 0 Å². The Kier molecular flexibility index (Phi) is 8.93. The Hall–Kier alpha value is -4.87. The van der Waals surface area contributed by atoms with Gasteiger partial charge in [-0.3, -0.25) is 4.98 Å². The minimum atomic E-state index is -0.628. The highest BCUT2D eigenvalue weighted by atomic mass is 19.1. The van der Waals surface area contributed by atoms with E-state index in [9.17, 15) is 14.4 Å². The molecule has 1 aliphatic heterocycles. The monoisotopic (exact) mass is 670 g/mol. The fourth-order valence-corrected chi connectivity index (χ4v) is 6.49. The van der Waals surface area contributed by atoms with Crippen LogP contribution in [0.3, 0.4) is 0 Å². The van der Waals surface area contributed by atoms with Crippen molar-refractivity contribution >= 4 is 28.9 Å². The summed E-state index contributed by atoms with van der Waals surface area (Å²) in [6.07, 6.45) is 3.11. The van der Waals surface area contributed by atoms with Crippen LogP contribution in [0.4, 0.5) is 15.0 Å². The largest absolute Gasteiger partial charge is 0.465 e. The molecule has 1 aliphatic carbocycles. The zero-order valence-corrected chi connectivity index (χ0v) is 29.3. The highest BCUT2D eigenvalue weighted by Crippen LogP contribution is 2.46. The molecule has 4 aromatic rings. The van der Waals surface area contributed by atoms with Crippen molar-refractivity contribution in [3.05, 3.63) is 75.2 Å². The van der Waals surface area contributed by atoms with Crippen LogP contribution in [0.2, 0.25) is 0 Å². The number of benzene rings is 1. The number of amides is 1. The number of carbonyl (C=O) groups excluding carboxylic acids is 2. The Balaban J connectivity index is 1.60. The lowest BCUT2D eigenvalue weighted by Gasteiger charge is -2.41. The molecule has 1 saturated heterocycles. The minimum absolute atomic E-state index is 0.0307. The highest BCUT2D eigenvalue weighted by Gasteiger charge is 2.35. The van der Waals surface area contributed by atoms with E-state index in [1.165, 1.54) is 29.9 Å². The predicted octanol–water partition coefficient (Wildman–Crippen LogP) is 6.52. The van der Waals surface area contributed by atoms with Crippen molar-refractivity contribution in [3.63, 3.8) is 0 Å². The second kappa shape index (κ2) is 12.9. The van der Waals surface area contributed by atoms with Gasteiger partial charge in [-0.1, -0.05) is 13.8 Å². The van der Waals surface area contributed by atoms with E-state index >= 15 is 4.39 Å². The van der Waals surface area contributed by atoms with E-state index in [1.807, 2.05) is 65.5 Å². The average Bonchev–Trinajstić information content (AvgIpc) is 3.89. The number of piperazine rings is 1. The first-order valence-corrected chi connectivity index (χ1v) is 16.7. The number of halogens is 1. The van der Waals surface area contributed by atoms with Crippen molar-refractivity contribution < 1.29 is 23.5 Å².